The topological polar surface area (TPSA) is 75.2 Å². The fourth-order valence-electron chi connectivity index (χ4n) is 2.43. The first-order valence-electron chi connectivity index (χ1n) is 8.27. The zero-order valence-electron chi connectivity index (χ0n) is 14.3. The van der Waals surface area contributed by atoms with Crippen LogP contribution in [-0.2, 0) is 11.3 Å². The van der Waals surface area contributed by atoms with E-state index < -0.39 is 12.7 Å². The Morgan fingerprint density at radius 1 is 1.07 bits per heavy atom. The predicted molar refractivity (Wildman–Crippen MR) is 98.9 cm³/mol. The second-order valence-electron chi connectivity index (χ2n) is 5.83. The summed E-state index contributed by atoms with van der Waals surface area (Å²) in [7, 11) is 0. The van der Waals surface area contributed by atoms with Crippen LogP contribution in [0.5, 0.6) is 0 Å². The van der Waals surface area contributed by atoms with Crippen LogP contribution in [0.1, 0.15) is 5.56 Å². The Labute approximate surface area is 162 Å². The second-order valence-corrected chi connectivity index (χ2v) is 6.75. The number of rotatable bonds is 6. The Balaban J connectivity index is 1.77. The first-order valence-corrected chi connectivity index (χ1v) is 9.06. The zero-order valence-corrected chi connectivity index (χ0v) is 15.8. The van der Waals surface area contributed by atoms with Gasteiger partial charge in [-0.25, -0.2) is 0 Å². The average Bonchev–Trinajstić information content (AvgIpc) is 2.65. The lowest BCUT2D eigenvalue weighted by Gasteiger charge is -2.27. The van der Waals surface area contributed by atoms with Crippen LogP contribution < -0.4 is 15.5 Å². The van der Waals surface area contributed by atoms with Crippen molar-refractivity contribution in [1.82, 2.24) is 15.0 Å². The van der Waals surface area contributed by atoms with Gasteiger partial charge in [0, 0.05) is 24.1 Å². The Morgan fingerprint density at radius 3 is 2.44 bits per heavy atom. The van der Waals surface area contributed by atoms with E-state index in [-0.39, 0.29) is 11.9 Å². The van der Waals surface area contributed by atoms with E-state index in [4.69, 9.17) is 4.74 Å². The highest BCUT2D eigenvalue weighted by molar-refractivity contribution is 9.10. The molecule has 0 bridgehead atoms. The van der Waals surface area contributed by atoms with Gasteiger partial charge in [-0.15, -0.1) is 0 Å². The van der Waals surface area contributed by atoms with Gasteiger partial charge in [0.25, 0.3) is 0 Å². The summed E-state index contributed by atoms with van der Waals surface area (Å²) in [6.45, 7) is 1.35. The van der Waals surface area contributed by atoms with Gasteiger partial charge in [-0.3, -0.25) is 0 Å². The van der Waals surface area contributed by atoms with Crippen molar-refractivity contribution in [2.75, 3.05) is 48.4 Å². The van der Waals surface area contributed by atoms with Gasteiger partial charge < -0.3 is 20.3 Å². The molecule has 27 heavy (non-hydrogen) atoms. The summed E-state index contributed by atoms with van der Waals surface area (Å²) in [6, 6.07) is 7.65. The average molecular weight is 447 g/mol. The van der Waals surface area contributed by atoms with E-state index in [1.54, 1.807) is 0 Å². The maximum absolute atomic E-state index is 12.5. The van der Waals surface area contributed by atoms with Gasteiger partial charge in [0.15, 0.2) is 0 Å². The second kappa shape index (κ2) is 8.70. The molecule has 0 amide bonds. The highest BCUT2D eigenvalue weighted by Gasteiger charge is 2.27. The standard InChI is InChI=1S/C16H18BrF3N6O/c17-12-3-1-2-11(8-12)9-21-13-23-14(22-10-16(18,19)20)25-15(24-13)26-4-6-27-7-5-26/h1-3,8H,4-7,9-10H2,(H2,21,22,23,24,25). The molecule has 7 nitrogen and oxygen atoms in total. The maximum atomic E-state index is 12.5. The highest BCUT2D eigenvalue weighted by Crippen LogP contribution is 2.19. The van der Waals surface area contributed by atoms with Crippen molar-refractivity contribution in [2.45, 2.75) is 12.7 Å². The van der Waals surface area contributed by atoms with Crippen LogP contribution >= 0.6 is 15.9 Å². The minimum Gasteiger partial charge on any atom is -0.378 e. The molecule has 2 N–H and O–H groups in total. The van der Waals surface area contributed by atoms with Gasteiger partial charge in [0.05, 0.1) is 13.2 Å². The van der Waals surface area contributed by atoms with Crippen molar-refractivity contribution in [3.63, 3.8) is 0 Å². The van der Waals surface area contributed by atoms with Crippen LogP contribution in [0.25, 0.3) is 0 Å². The lowest BCUT2D eigenvalue weighted by Crippen LogP contribution is -2.37. The van der Waals surface area contributed by atoms with Gasteiger partial charge in [0.2, 0.25) is 17.8 Å². The first kappa shape index (κ1) is 19.6. The number of anilines is 3. The van der Waals surface area contributed by atoms with Gasteiger partial charge in [-0.05, 0) is 17.7 Å². The Kier molecular flexibility index (Phi) is 6.32. The van der Waals surface area contributed by atoms with E-state index >= 15 is 0 Å². The Morgan fingerprint density at radius 2 is 1.78 bits per heavy atom. The number of morpholine rings is 1. The molecule has 0 aliphatic carbocycles. The van der Waals surface area contributed by atoms with Crippen molar-refractivity contribution < 1.29 is 17.9 Å². The molecule has 1 aromatic heterocycles. The molecule has 11 heteroatoms. The number of halogens is 4. The van der Waals surface area contributed by atoms with Crippen LogP contribution in [0.15, 0.2) is 28.7 Å². The Bertz CT molecular complexity index is 770. The summed E-state index contributed by atoms with van der Waals surface area (Å²) >= 11 is 3.40. The smallest absolute Gasteiger partial charge is 0.378 e. The normalized spacial score (nSPS) is 14.9. The van der Waals surface area contributed by atoms with Gasteiger partial charge in [-0.1, -0.05) is 28.1 Å². The molecule has 146 valence electrons. The van der Waals surface area contributed by atoms with Gasteiger partial charge >= 0.3 is 6.18 Å². The fraction of sp³-hybridized carbons (Fsp3) is 0.438. The van der Waals surface area contributed by atoms with Crippen molar-refractivity contribution in [1.29, 1.82) is 0 Å². The molecule has 0 radical (unpaired) electrons. The summed E-state index contributed by atoms with van der Waals surface area (Å²) in [4.78, 5) is 14.4. The van der Waals surface area contributed by atoms with Crippen LogP contribution in [0.2, 0.25) is 0 Å². The molecule has 0 unspecified atom stereocenters. The molecule has 1 saturated heterocycles. The number of hydrogen-bond acceptors (Lipinski definition) is 7. The lowest BCUT2D eigenvalue weighted by molar-refractivity contribution is -0.115. The molecule has 0 saturated carbocycles. The summed E-state index contributed by atoms with van der Waals surface area (Å²) in [6.07, 6.45) is -4.37. The quantitative estimate of drug-likeness (QED) is 0.705. The molecular weight excluding hydrogens is 429 g/mol. The van der Waals surface area contributed by atoms with E-state index in [9.17, 15) is 13.2 Å². The summed E-state index contributed by atoms with van der Waals surface area (Å²) in [5, 5.41) is 5.26. The molecule has 0 atom stereocenters. The lowest BCUT2D eigenvalue weighted by atomic mass is 10.2. The maximum Gasteiger partial charge on any atom is 0.405 e. The van der Waals surface area contributed by atoms with Gasteiger partial charge in [0.1, 0.15) is 6.54 Å². The van der Waals surface area contributed by atoms with Crippen molar-refractivity contribution >= 4 is 33.8 Å². The zero-order chi connectivity index (χ0) is 19.3. The van der Waals surface area contributed by atoms with Crippen LogP contribution in [0.3, 0.4) is 0 Å². The number of alkyl halides is 3. The fourth-order valence-corrected chi connectivity index (χ4v) is 2.88. The van der Waals surface area contributed by atoms with Crippen LogP contribution in [0, 0.1) is 0 Å². The number of ether oxygens (including phenoxy) is 1. The predicted octanol–water partition coefficient (Wildman–Crippen LogP) is 3.06. The van der Waals surface area contributed by atoms with Gasteiger partial charge in [-0.2, -0.15) is 28.1 Å². The molecule has 0 spiro atoms. The van der Waals surface area contributed by atoms with Crippen molar-refractivity contribution in [3.05, 3.63) is 34.3 Å². The summed E-state index contributed by atoms with van der Waals surface area (Å²) in [5.74, 6) is 0.395. The SMILES string of the molecule is FC(F)(F)CNc1nc(NCc2cccc(Br)c2)nc(N2CCOCC2)n1. The van der Waals surface area contributed by atoms with E-state index in [1.807, 2.05) is 29.2 Å². The summed E-state index contributed by atoms with van der Waals surface area (Å²) < 4.78 is 43.8. The molecule has 1 aromatic carbocycles. The third kappa shape index (κ3) is 6.21. The van der Waals surface area contributed by atoms with Crippen LogP contribution in [-0.4, -0.2) is 54.0 Å². The molecular formula is C16H18BrF3N6O. The Hall–Kier alpha value is -2.14. The number of nitrogens with one attached hydrogen (secondary N) is 2. The molecule has 1 fully saturated rings. The van der Waals surface area contributed by atoms with E-state index in [0.29, 0.717) is 38.8 Å². The number of benzene rings is 1. The monoisotopic (exact) mass is 446 g/mol. The molecule has 2 heterocycles. The highest BCUT2D eigenvalue weighted by atomic mass is 79.9. The number of aromatic nitrogens is 3. The first-order chi connectivity index (χ1) is 12.9. The van der Waals surface area contributed by atoms with Crippen molar-refractivity contribution in [2.24, 2.45) is 0 Å². The minimum absolute atomic E-state index is 0.124. The molecule has 1 aliphatic heterocycles. The largest absolute Gasteiger partial charge is 0.405 e. The number of hydrogen-bond donors (Lipinski definition) is 2. The van der Waals surface area contributed by atoms with E-state index in [2.05, 4.69) is 41.5 Å². The number of nitrogens with zero attached hydrogens (tertiary/aromatic N) is 4. The molecule has 2 aromatic rings. The third-order valence-corrected chi connectivity index (χ3v) is 4.20. The van der Waals surface area contributed by atoms with E-state index in [0.717, 1.165) is 10.0 Å². The molecule has 1 aliphatic rings. The van der Waals surface area contributed by atoms with Crippen LogP contribution in [0.4, 0.5) is 31.0 Å². The van der Waals surface area contributed by atoms with E-state index in [1.165, 1.54) is 0 Å². The third-order valence-electron chi connectivity index (χ3n) is 3.70. The minimum atomic E-state index is -4.37. The van der Waals surface area contributed by atoms with Crippen molar-refractivity contribution in [3.8, 4) is 0 Å². The molecule has 3 rings (SSSR count). The summed E-state index contributed by atoms with van der Waals surface area (Å²) in [5.41, 5.74) is 0.975.